The summed E-state index contributed by atoms with van der Waals surface area (Å²) in [5.41, 5.74) is 0.903. The molecule has 0 spiro atoms. The van der Waals surface area contributed by atoms with E-state index in [2.05, 4.69) is 0 Å². The molecule has 1 aromatic rings. The number of hydrogen-bond donors (Lipinski definition) is 0. The quantitative estimate of drug-likeness (QED) is 0.821. The fourth-order valence-electron chi connectivity index (χ4n) is 2.68. The van der Waals surface area contributed by atoms with Crippen molar-refractivity contribution in [2.75, 3.05) is 25.2 Å². The van der Waals surface area contributed by atoms with Gasteiger partial charge in [0.25, 0.3) is 0 Å². The molecule has 1 atom stereocenters. The number of carbonyl (C=O) groups is 1. The lowest BCUT2D eigenvalue weighted by Gasteiger charge is -2.27. The first-order valence-electron chi connectivity index (χ1n) is 7.08. The minimum absolute atomic E-state index is 0.0234. The van der Waals surface area contributed by atoms with Gasteiger partial charge in [-0.1, -0.05) is 12.1 Å². The van der Waals surface area contributed by atoms with Gasteiger partial charge in [-0.15, -0.1) is 0 Å². The number of likely N-dealkylation sites (N-methyl/N-ethyl adjacent to an activating group) is 1. The molecule has 116 valence electrons. The molecule has 0 saturated carbocycles. The van der Waals surface area contributed by atoms with Crippen molar-refractivity contribution in [3.8, 4) is 5.75 Å². The standard InChI is InChI=1S/C15H21NO4S/c1-3-16(13-8-9-21(18,19)11-13)15(17)10-12-4-6-14(20-2)7-5-12/h4-7,13H,3,8-11H2,1-2H3. The molecule has 1 aromatic carbocycles. The van der Waals surface area contributed by atoms with E-state index in [1.54, 1.807) is 12.0 Å². The maximum Gasteiger partial charge on any atom is 0.227 e. The summed E-state index contributed by atoms with van der Waals surface area (Å²) in [4.78, 5) is 14.1. The molecule has 1 unspecified atom stereocenters. The first-order chi connectivity index (χ1) is 9.95. The lowest BCUT2D eigenvalue weighted by Crippen LogP contribution is -2.41. The van der Waals surface area contributed by atoms with Crippen molar-refractivity contribution in [1.82, 2.24) is 4.90 Å². The molecule has 2 rings (SSSR count). The van der Waals surface area contributed by atoms with Gasteiger partial charge in [0.15, 0.2) is 9.84 Å². The van der Waals surface area contributed by atoms with Crippen LogP contribution in [0, 0.1) is 0 Å². The van der Waals surface area contributed by atoms with Crippen molar-refractivity contribution in [1.29, 1.82) is 0 Å². The molecule has 0 N–H and O–H groups in total. The highest BCUT2D eigenvalue weighted by Crippen LogP contribution is 2.19. The Morgan fingerprint density at radius 1 is 1.33 bits per heavy atom. The summed E-state index contributed by atoms with van der Waals surface area (Å²) in [6.07, 6.45) is 0.832. The molecule has 21 heavy (non-hydrogen) atoms. The summed E-state index contributed by atoms with van der Waals surface area (Å²) in [7, 11) is -1.38. The van der Waals surface area contributed by atoms with E-state index in [1.807, 2.05) is 31.2 Å². The van der Waals surface area contributed by atoms with Crippen molar-refractivity contribution in [2.45, 2.75) is 25.8 Å². The molecule has 1 aliphatic heterocycles. The molecule has 0 aliphatic carbocycles. The summed E-state index contributed by atoms with van der Waals surface area (Å²) in [6, 6.07) is 7.18. The van der Waals surface area contributed by atoms with Gasteiger partial charge in [-0.2, -0.15) is 0 Å². The van der Waals surface area contributed by atoms with Crippen LogP contribution < -0.4 is 4.74 Å². The Morgan fingerprint density at radius 3 is 2.48 bits per heavy atom. The molecule has 1 heterocycles. The summed E-state index contributed by atoms with van der Waals surface area (Å²) < 4.78 is 28.2. The fraction of sp³-hybridized carbons (Fsp3) is 0.533. The number of amides is 1. The second-order valence-corrected chi connectivity index (χ2v) is 7.49. The monoisotopic (exact) mass is 311 g/mol. The largest absolute Gasteiger partial charge is 0.497 e. The molecule has 1 amide bonds. The van der Waals surface area contributed by atoms with E-state index in [9.17, 15) is 13.2 Å². The number of hydrogen-bond acceptors (Lipinski definition) is 4. The Bertz CT molecular complexity index is 595. The molecular formula is C15H21NO4S. The predicted molar refractivity (Wildman–Crippen MR) is 81.1 cm³/mol. The first-order valence-corrected chi connectivity index (χ1v) is 8.90. The van der Waals surface area contributed by atoms with E-state index in [-0.39, 0.29) is 29.9 Å². The Labute approximate surface area is 125 Å². The molecule has 0 radical (unpaired) electrons. The fourth-order valence-corrected chi connectivity index (χ4v) is 4.41. The molecule has 1 saturated heterocycles. The number of methoxy groups -OCH3 is 1. The molecule has 6 heteroatoms. The van der Waals surface area contributed by atoms with Gasteiger partial charge in [-0.05, 0) is 31.0 Å². The third-order valence-corrected chi connectivity index (χ3v) is 5.57. The normalized spacial score (nSPS) is 20.2. The minimum Gasteiger partial charge on any atom is -0.497 e. The Balaban J connectivity index is 2.03. The highest BCUT2D eigenvalue weighted by molar-refractivity contribution is 7.91. The van der Waals surface area contributed by atoms with Crippen LogP contribution in [-0.2, 0) is 21.1 Å². The van der Waals surface area contributed by atoms with Gasteiger partial charge >= 0.3 is 0 Å². The number of carbonyl (C=O) groups excluding carboxylic acids is 1. The van der Waals surface area contributed by atoms with Gasteiger partial charge in [0.05, 0.1) is 25.0 Å². The van der Waals surface area contributed by atoms with Gasteiger partial charge in [-0.25, -0.2) is 8.42 Å². The number of rotatable bonds is 5. The molecule has 0 aromatic heterocycles. The van der Waals surface area contributed by atoms with Crippen LogP contribution in [0.3, 0.4) is 0 Å². The van der Waals surface area contributed by atoms with Crippen molar-refractivity contribution in [3.05, 3.63) is 29.8 Å². The zero-order valence-corrected chi connectivity index (χ0v) is 13.2. The lowest BCUT2D eigenvalue weighted by molar-refractivity contribution is -0.132. The van der Waals surface area contributed by atoms with Crippen molar-refractivity contribution < 1.29 is 17.9 Å². The summed E-state index contributed by atoms with van der Waals surface area (Å²) in [5.74, 6) is 1.00. The van der Waals surface area contributed by atoms with E-state index in [4.69, 9.17) is 4.74 Å². The van der Waals surface area contributed by atoms with E-state index in [1.165, 1.54) is 0 Å². The third kappa shape index (κ3) is 3.97. The summed E-state index contributed by atoms with van der Waals surface area (Å²) in [5, 5.41) is 0. The van der Waals surface area contributed by atoms with Crippen LogP contribution in [0.1, 0.15) is 18.9 Å². The number of ether oxygens (including phenoxy) is 1. The van der Waals surface area contributed by atoms with Gasteiger partial charge in [0.1, 0.15) is 5.75 Å². The van der Waals surface area contributed by atoms with Gasteiger partial charge in [0.2, 0.25) is 5.91 Å². The molecule has 0 bridgehead atoms. The second kappa shape index (κ2) is 6.47. The molecule has 5 nitrogen and oxygen atoms in total. The van der Waals surface area contributed by atoms with Gasteiger partial charge < -0.3 is 9.64 Å². The van der Waals surface area contributed by atoms with Crippen molar-refractivity contribution >= 4 is 15.7 Å². The maximum absolute atomic E-state index is 12.4. The summed E-state index contributed by atoms with van der Waals surface area (Å²) >= 11 is 0. The van der Waals surface area contributed by atoms with Gasteiger partial charge in [-0.3, -0.25) is 4.79 Å². The zero-order chi connectivity index (χ0) is 15.5. The Morgan fingerprint density at radius 2 is 2.00 bits per heavy atom. The smallest absolute Gasteiger partial charge is 0.227 e. The van der Waals surface area contributed by atoms with Crippen LogP contribution >= 0.6 is 0 Å². The van der Waals surface area contributed by atoms with Crippen LogP contribution in [-0.4, -0.2) is 50.4 Å². The average Bonchev–Trinajstić information content (AvgIpc) is 2.80. The molecule has 1 aliphatic rings. The van der Waals surface area contributed by atoms with Crippen LogP contribution in [0.2, 0.25) is 0 Å². The molecule has 1 fully saturated rings. The second-order valence-electron chi connectivity index (χ2n) is 5.26. The molecular weight excluding hydrogens is 290 g/mol. The SMILES string of the molecule is CCN(C(=O)Cc1ccc(OC)cc1)C1CCS(=O)(=O)C1. The highest BCUT2D eigenvalue weighted by Gasteiger charge is 2.33. The first kappa shape index (κ1) is 15.8. The van der Waals surface area contributed by atoms with E-state index < -0.39 is 9.84 Å². The van der Waals surface area contributed by atoms with E-state index in [0.29, 0.717) is 13.0 Å². The van der Waals surface area contributed by atoms with Crippen LogP contribution in [0.4, 0.5) is 0 Å². The number of nitrogens with zero attached hydrogens (tertiary/aromatic N) is 1. The third-order valence-electron chi connectivity index (χ3n) is 3.82. The van der Waals surface area contributed by atoms with Crippen LogP contribution in [0.25, 0.3) is 0 Å². The van der Waals surface area contributed by atoms with E-state index in [0.717, 1.165) is 11.3 Å². The van der Waals surface area contributed by atoms with Crippen LogP contribution in [0.5, 0.6) is 5.75 Å². The maximum atomic E-state index is 12.4. The van der Waals surface area contributed by atoms with Crippen molar-refractivity contribution in [2.24, 2.45) is 0 Å². The lowest BCUT2D eigenvalue weighted by atomic mass is 10.1. The Hall–Kier alpha value is -1.56. The average molecular weight is 311 g/mol. The van der Waals surface area contributed by atoms with Gasteiger partial charge in [0, 0.05) is 12.6 Å². The topological polar surface area (TPSA) is 63.7 Å². The number of sulfone groups is 1. The van der Waals surface area contributed by atoms with Crippen LogP contribution in [0.15, 0.2) is 24.3 Å². The van der Waals surface area contributed by atoms with Crippen molar-refractivity contribution in [3.63, 3.8) is 0 Å². The van der Waals surface area contributed by atoms with E-state index >= 15 is 0 Å². The zero-order valence-electron chi connectivity index (χ0n) is 12.4. The summed E-state index contributed by atoms with van der Waals surface area (Å²) in [6.45, 7) is 2.42. The minimum atomic E-state index is -2.98. The Kier molecular flexibility index (Phi) is 4.88. The highest BCUT2D eigenvalue weighted by atomic mass is 32.2. The number of benzene rings is 1. The predicted octanol–water partition coefficient (Wildman–Crippen LogP) is 1.27.